The normalized spacial score (nSPS) is 11.8. The Morgan fingerprint density at radius 1 is 1.11 bits per heavy atom. The SMILES string of the molecule is CC(Nc1cccc(COCc2ccco2)c1)C(=O)Nc1ccccc1Cl. The summed E-state index contributed by atoms with van der Waals surface area (Å²) in [6.45, 7) is 2.67. The van der Waals surface area contributed by atoms with Gasteiger partial charge in [0.25, 0.3) is 0 Å². The molecule has 3 rings (SSSR count). The van der Waals surface area contributed by atoms with Crippen LogP contribution in [0.5, 0.6) is 0 Å². The molecule has 1 unspecified atom stereocenters. The van der Waals surface area contributed by atoms with Gasteiger partial charge in [0.05, 0.1) is 23.6 Å². The lowest BCUT2D eigenvalue weighted by atomic mass is 10.2. The minimum absolute atomic E-state index is 0.164. The molecule has 0 saturated carbocycles. The molecule has 2 aromatic carbocycles. The van der Waals surface area contributed by atoms with Crippen LogP contribution in [0.4, 0.5) is 11.4 Å². The van der Waals surface area contributed by atoms with Gasteiger partial charge in [0.1, 0.15) is 18.4 Å². The first-order chi connectivity index (χ1) is 13.1. The van der Waals surface area contributed by atoms with E-state index in [1.807, 2.05) is 48.5 Å². The van der Waals surface area contributed by atoms with Gasteiger partial charge in [-0.3, -0.25) is 4.79 Å². The first kappa shape index (κ1) is 19.0. The maximum Gasteiger partial charge on any atom is 0.246 e. The molecule has 3 aromatic rings. The number of hydrogen-bond acceptors (Lipinski definition) is 4. The second-order valence-electron chi connectivity index (χ2n) is 6.11. The van der Waals surface area contributed by atoms with E-state index in [0.29, 0.717) is 23.9 Å². The summed E-state index contributed by atoms with van der Waals surface area (Å²) < 4.78 is 10.9. The van der Waals surface area contributed by atoms with Crippen LogP contribution >= 0.6 is 11.6 Å². The lowest BCUT2D eigenvalue weighted by Gasteiger charge is -2.16. The maximum absolute atomic E-state index is 12.4. The molecule has 0 saturated heterocycles. The summed E-state index contributed by atoms with van der Waals surface area (Å²) >= 11 is 6.08. The van der Waals surface area contributed by atoms with Crippen LogP contribution in [-0.2, 0) is 22.7 Å². The average molecular weight is 385 g/mol. The zero-order chi connectivity index (χ0) is 19.1. The number of para-hydroxylation sites is 1. The fraction of sp³-hybridized carbons (Fsp3) is 0.190. The predicted molar refractivity (Wildman–Crippen MR) is 107 cm³/mol. The van der Waals surface area contributed by atoms with Crippen molar-refractivity contribution in [1.82, 2.24) is 0 Å². The molecule has 5 nitrogen and oxygen atoms in total. The molecule has 1 heterocycles. The Balaban J connectivity index is 1.53. The van der Waals surface area contributed by atoms with Crippen molar-refractivity contribution >= 4 is 28.9 Å². The molecule has 6 heteroatoms. The zero-order valence-electron chi connectivity index (χ0n) is 14.9. The topological polar surface area (TPSA) is 63.5 Å². The highest BCUT2D eigenvalue weighted by Crippen LogP contribution is 2.21. The number of benzene rings is 2. The van der Waals surface area contributed by atoms with Crippen LogP contribution < -0.4 is 10.6 Å². The Labute approximate surface area is 163 Å². The van der Waals surface area contributed by atoms with Gasteiger partial charge >= 0.3 is 0 Å². The molecule has 1 atom stereocenters. The Bertz CT molecular complexity index is 881. The van der Waals surface area contributed by atoms with Gasteiger partial charge in [-0.25, -0.2) is 0 Å². The molecular formula is C21H21ClN2O3. The van der Waals surface area contributed by atoms with Gasteiger partial charge in [0.15, 0.2) is 0 Å². The highest BCUT2D eigenvalue weighted by molar-refractivity contribution is 6.33. The summed E-state index contributed by atoms with van der Waals surface area (Å²) in [6, 6.07) is 18.2. The number of amides is 1. The van der Waals surface area contributed by atoms with Gasteiger partial charge in [-0.15, -0.1) is 0 Å². The van der Waals surface area contributed by atoms with E-state index in [9.17, 15) is 4.79 Å². The number of hydrogen-bond donors (Lipinski definition) is 2. The Morgan fingerprint density at radius 3 is 2.74 bits per heavy atom. The molecule has 0 radical (unpaired) electrons. The summed E-state index contributed by atoms with van der Waals surface area (Å²) in [5.41, 5.74) is 2.44. The fourth-order valence-electron chi connectivity index (χ4n) is 2.53. The van der Waals surface area contributed by atoms with Gasteiger partial charge in [0, 0.05) is 5.69 Å². The van der Waals surface area contributed by atoms with Crippen molar-refractivity contribution in [2.45, 2.75) is 26.2 Å². The smallest absolute Gasteiger partial charge is 0.246 e. The highest BCUT2D eigenvalue weighted by atomic mass is 35.5. The number of ether oxygens (including phenoxy) is 1. The molecule has 0 aliphatic carbocycles. The minimum Gasteiger partial charge on any atom is -0.467 e. The van der Waals surface area contributed by atoms with E-state index < -0.39 is 6.04 Å². The van der Waals surface area contributed by atoms with Gasteiger partial charge in [0.2, 0.25) is 5.91 Å². The van der Waals surface area contributed by atoms with Crippen molar-refractivity contribution < 1.29 is 13.9 Å². The van der Waals surface area contributed by atoms with E-state index in [4.69, 9.17) is 20.8 Å². The van der Waals surface area contributed by atoms with Crippen LogP contribution in [-0.4, -0.2) is 11.9 Å². The Hall–Kier alpha value is -2.76. The van der Waals surface area contributed by atoms with Crippen molar-refractivity contribution in [3.8, 4) is 0 Å². The Morgan fingerprint density at radius 2 is 1.96 bits per heavy atom. The lowest BCUT2D eigenvalue weighted by Crippen LogP contribution is -2.31. The minimum atomic E-state index is -0.430. The van der Waals surface area contributed by atoms with Crippen molar-refractivity contribution in [2.75, 3.05) is 10.6 Å². The van der Waals surface area contributed by atoms with Gasteiger partial charge in [-0.1, -0.05) is 35.9 Å². The number of carbonyl (C=O) groups is 1. The van der Waals surface area contributed by atoms with Crippen LogP contribution in [0.25, 0.3) is 0 Å². The number of carbonyl (C=O) groups excluding carboxylic acids is 1. The molecule has 0 aliphatic heterocycles. The average Bonchev–Trinajstić information content (AvgIpc) is 3.17. The van der Waals surface area contributed by atoms with Crippen molar-refractivity contribution in [1.29, 1.82) is 0 Å². The van der Waals surface area contributed by atoms with Crippen LogP contribution in [0.15, 0.2) is 71.3 Å². The molecule has 2 N–H and O–H groups in total. The number of furan rings is 1. The zero-order valence-corrected chi connectivity index (χ0v) is 15.7. The van der Waals surface area contributed by atoms with Crippen molar-refractivity contribution in [2.24, 2.45) is 0 Å². The maximum atomic E-state index is 12.4. The summed E-state index contributed by atoms with van der Waals surface area (Å²) in [7, 11) is 0. The molecular weight excluding hydrogens is 364 g/mol. The van der Waals surface area contributed by atoms with Gasteiger partial charge in [-0.2, -0.15) is 0 Å². The van der Waals surface area contributed by atoms with E-state index in [1.165, 1.54) is 0 Å². The fourth-order valence-corrected chi connectivity index (χ4v) is 2.72. The monoisotopic (exact) mass is 384 g/mol. The summed E-state index contributed by atoms with van der Waals surface area (Å²) in [6.07, 6.45) is 1.62. The Kier molecular flexibility index (Phi) is 6.52. The van der Waals surface area contributed by atoms with Crippen LogP contribution in [0.2, 0.25) is 5.02 Å². The quantitative estimate of drug-likeness (QED) is 0.567. The van der Waals surface area contributed by atoms with Gasteiger partial charge in [-0.05, 0) is 48.9 Å². The molecule has 1 amide bonds. The number of halogens is 1. The number of rotatable bonds is 8. The summed E-state index contributed by atoms with van der Waals surface area (Å²) in [4.78, 5) is 12.4. The summed E-state index contributed by atoms with van der Waals surface area (Å²) in [5.74, 6) is 0.622. The first-order valence-corrected chi connectivity index (χ1v) is 9.00. The largest absolute Gasteiger partial charge is 0.467 e. The first-order valence-electron chi connectivity index (χ1n) is 8.63. The number of anilines is 2. The van der Waals surface area contributed by atoms with Crippen molar-refractivity contribution in [3.63, 3.8) is 0 Å². The van der Waals surface area contributed by atoms with Crippen LogP contribution in [0.3, 0.4) is 0 Å². The molecule has 1 aromatic heterocycles. The molecule has 0 fully saturated rings. The van der Waals surface area contributed by atoms with Crippen molar-refractivity contribution in [3.05, 3.63) is 83.3 Å². The third-order valence-corrected chi connectivity index (χ3v) is 4.26. The van der Waals surface area contributed by atoms with E-state index in [2.05, 4.69) is 10.6 Å². The second kappa shape index (κ2) is 9.26. The summed E-state index contributed by atoms with van der Waals surface area (Å²) in [5, 5.41) is 6.53. The van der Waals surface area contributed by atoms with Gasteiger partial charge < -0.3 is 19.8 Å². The second-order valence-corrected chi connectivity index (χ2v) is 6.51. The molecule has 27 heavy (non-hydrogen) atoms. The van der Waals surface area contributed by atoms with Crippen LogP contribution in [0, 0.1) is 0 Å². The van der Waals surface area contributed by atoms with E-state index >= 15 is 0 Å². The molecule has 140 valence electrons. The van der Waals surface area contributed by atoms with E-state index in [-0.39, 0.29) is 5.91 Å². The molecule has 0 bridgehead atoms. The molecule has 0 aliphatic rings. The third kappa shape index (κ3) is 5.61. The highest BCUT2D eigenvalue weighted by Gasteiger charge is 2.14. The predicted octanol–water partition coefficient (Wildman–Crippen LogP) is 5.09. The van der Waals surface area contributed by atoms with E-state index in [0.717, 1.165) is 17.0 Å². The molecule has 0 spiro atoms. The standard InChI is InChI=1S/C21H21ClN2O3/c1-15(21(25)24-20-10-3-2-9-19(20)22)23-17-7-4-6-16(12-17)13-26-14-18-8-5-11-27-18/h2-12,15,23H,13-14H2,1H3,(H,24,25). The number of nitrogens with one attached hydrogen (secondary N) is 2. The lowest BCUT2D eigenvalue weighted by molar-refractivity contribution is -0.116. The van der Waals surface area contributed by atoms with Crippen LogP contribution in [0.1, 0.15) is 18.2 Å². The van der Waals surface area contributed by atoms with E-state index in [1.54, 1.807) is 25.3 Å². The third-order valence-electron chi connectivity index (χ3n) is 3.93.